The van der Waals surface area contributed by atoms with Crippen molar-refractivity contribution in [1.29, 1.82) is 0 Å². The zero-order chi connectivity index (χ0) is 23.8. The summed E-state index contributed by atoms with van der Waals surface area (Å²) in [5.74, 6) is -1.59. The monoisotopic (exact) mass is 471 g/mol. The van der Waals surface area contributed by atoms with Crippen molar-refractivity contribution in [2.45, 2.75) is 6.92 Å². The van der Waals surface area contributed by atoms with Gasteiger partial charge in [0.15, 0.2) is 5.13 Å². The lowest BCUT2D eigenvalue weighted by atomic mass is 10.1. The summed E-state index contributed by atoms with van der Waals surface area (Å²) >= 11 is 1.24. The quantitative estimate of drug-likeness (QED) is 0.339. The molecule has 2 heterocycles. The van der Waals surface area contributed by atoms with Gasteiger partial charge in [0.2, 0.25) is 0 Å². The maximum Gasteiger partial charge on any atom is 0.338 e. The third-order valence-electron chi connectivity index (χ3n) is 5.30. The number of rotatable bonds is 5. The van der Waals surface area contributed by atoms with Gasteiger partial charge in [-0.15, -0.1) is 0 Å². The Kier molecular flexibility index (Phi) is 5.39. The number of nitrogens with one attached hydrogen (secondary N) is 1. The Morgan fingerprint density at radius 1 is 0.941 bits per heavy atom. The van der Waals surface area contributed by atoms with E-state index in [1.807, 2.05) is 0 Å². The van der Waals surface area contributed by atoms with E-state index in [4.69, 9.17) is 4.74 Å². The summed E-state index contributed by atoms with van der Waals surface area (Å²) in [4.78, 5) is 55.4. The van der Waals surface area contributed by atoms with Crippen molar-refractivity contribution >= 4 is 56.1 Å². The summed E-state index contributed by atoms with van der Waals surface area (Å²) in [5.41, 5.74) is 2.50. The first-order chi connectivity index (χ1) is 16.5. The zero-order valence-corrected chi connectivity index (χ0v) is 18.7. The van der Waals surface area contributed by atoms with Crippen molar-refractivity contribution in [1.82, 2.24) is 4.98 Å². The van der Waals surface area contributed by atoms with Crippen LogP contribution in [-0.2, 0) is 4.74 Å². The smallest absolute Gasteiger partial charge is 0.338 e. The number of thiazole rings is 1. The van der Waals surface area contributed by atoms with Crippen LogP contribution in [0.2, 0.25) is 0 Å². The summed E-state index contributed by atoms with van der Waals surface area (Å²) in [6.45, 7) is 2.02. The molecular formula is C25H17N3O5S. The highest BCUT2D eigenvalue weighted by molar-refractivity contribution is 7.22. The predicted molar refractivity (Wildman–Crippen MR) is 128 cm³/mol. The molecule has 1 aliphatic rings. The number of fused-ring (bicyclic) bond motifs is 2. The second kappa shape index (κ2) is 8.53. The van der Waals surface area contributed by atoms with Gasteiger partial charge in [-0.25, -0.2) is 14.7 Å². The minimum atomic E-state index is -0.415. The first kappa shape index (κ1) is 21.5. The van der Waals surface area contributed by atoms with Gasteiger partial charge in [-0.05, 0) is 61.5 Å². The van der Waals surface area contributed by atoms with Crippen LogP contribution in [-0.4, -0.2) is 35.3 Å². The number of amides is 3. The normalized spacial score (nSPS) is 12.7. The van der Waals surface area contributed by atoms with Crippen LogP contribution >= 0.6 is 11.3 Å². The highest BCUT2D eigenvalue weighted by Gasteiger charge is 2.36. The van der Waals surface area contributed by atoms with E-state index in [1.54, 1.807) is 73.7 Å². The summed E-state index contributed by atoms with van der Waals surface area (Å²) in [6, 6.07) is 17.9. The Bertz CT molecular complexity index is 1440. The second-order valence-corrected chi connectivity index (χ2v) is 8.44. The molecule has 1 aromatic heterocycles. The van der Waals surface area contributed by atoms with E-state index in [9.17, 15) is 19.2 Å². The molecule has 3 aromatic carbocycles. The molecule has 3 amide bonds. The van der Waals surface area contributed by atoms with E-state index in [0.29, 0.717) is 38.6 Å². The Morgan fingerprint density at radius 3 is 2.24 bits per heavy atom. The van der Waals surface area contributed by atoms with Crippen LogP contribution in [0.5, 0.6) is 0 Å². The van der Waals surface area contributed by atoms with Gasteiger partial charge in [-0.2, -0.15) is 0 Å². The lowest BCUT2D eigenvalue weighted by Gasteiger charge is -2.14. The lowest BCUT2D eigenvalue weighted by Crippen LogP contribution is -2.29. The summed E-state index contributed by atoms with van der Waals surface area (Å²) in [6.07, 6.45) is 0. The van der Waals surface area contributed by atoms with Crippen molar-refractivity contribution in [2.75, 3.05) is 16.8 Å². The molecule has 0 aliphatic carbocycles. The zero-order valence-electron chi connectivity index (χ0n) is 17.9. The molecule has 168 valence electrons. The number of esters is 1. The molecule has 0 bridgehead atoms. The number of benzene rings is 3. The third kappa shape index (κ3) is 3.71. The largest absolute Gasteiger partial charge is 0.462 e. The van der Waals surface area contributed by atoms with Gasteiger partial charge in [-0.3, -0.25) is 19.7 Å². The molecule has 0 atom stereocenters. The number of nitrogens with zero attached hydrogens (tertiary/aromatic N) is 2. The highest BCUT2D eigenvalue weighted by Crippen LogP contribution is 2.30. The van der Waals surface area contributed by atoms with Crippen molar-refractivity contribution in [3.63, 3.8) is 0 Å². The second-order valence-electron chi connectivity index (χ2n) is 7.41. The maximum atomic E-state index is 12.7. The van der Waals surface area contributed by atoms with Crippen molar-refractivity contribution < 1.29 is 23.9 Å². The van der Waals surface area contributed by atoms with Crippen LogP contribution in [0.1, 0.15) is 48.4 Å². The molecule has 1 aliphatic heterocycles. The van der Waals surface area contributed by atoms with E-state index in [-0.39, 0.29) is 6.61 Å². The number of hydrogen-bond acceptors (Lipinski definition) is 7. The summed E-state index contributed by atoms with van der Waals surface area (Å²) < 4.78 is 5.75. The summed E-state index contributed by atoms with van der Waals surface area (Å²) in [5, 5.41) is 3.13. The minimum absolute atomic E-state index is 0.284. The Hall–Kier alpha value is -4.37. The molecule has 4 aromatic rings. The van der Waals surface area contributed by atoms with Crippen molar-refractivity contribution in [2.24, 2.45) is 0 Å². The average molecular weight is 471 g/mol. The predicted octanol–water partition coefficient (Wildman–Crippen LogP) is 4.53. The molecule has 34 heavy (non-hydrogen) atoms. The van der Waals surface area contributed by atoms with Gasteiger partial charge in [-0.1, -0.05) is 23.5 Å². The molecule has 0 saturated heterocycles. The number of aromatic nitrogens is 1. The van der Waals surface area contributed by atoms with Crippen LogP contribution < -0.4 is 10.2 Å². The Balaban J connectivity index is 1.32. The standard InChI is InChI=1S/C25H17N3O5S/c1-2-33-24(32)15-9-12-19-20(13-15)34-25(26-19)27-21(29)14-7-10-16(11-8-14)28-22(30)17-5-3-4-6-18(17)23(28)31/h3-13H,2H2,1H3,(H,26,27,29). The molecule has 5 rings (SSSR count). The molecule has 1 N–H and O–H groups in total. The SMILES string of the molecule is CCOC(=O)c1ccc2nc(NC(=O)c3ccc(N4C(=O)c5ccccc5C4=O)cc3)sc2c1. The molecule has 0 unspecified atom stereocenters. The Labute approximate surface area is 197 Å². The summed E-state index contributed by atoms with van der Waals surface area (Å²) in [7, 11) is 0. The van der Waals surface area contributed by atoms with Gasteiger partial charge in [0, 0.05) is 5.56 Å². The maximum absolute atomic E-state index is 12.7. The van der Waals surface area contributed by atoms with Crippen LogP contribution in [0.15, 0.2) is 66.7 Å². The number of hydrogen-bond donors (Lipinski definition) is 1. The van der Waals surface area contributed by atoms with Gasteiger partial charge >= 0.3 is 5.97 Å². The minimum Gasteiger partial charge on any atom is -0.462 e. The molecule has 8 nitrogen and oxygen atoms in total. The number of imide groups is 1. The fourth-order valence-electron chi connectivity index (χ4n) is 3.67. The van der Waals surface area contributed by atoms with Gasteiger partial charge in [0.1, 0.15) is 0 Å². The first-order valence-electron chi connectivity index (χ1n) is 10.4. The number of ether oxygens (including phenoxy) is 1. The number of anilines is 2. The van der Waals surface area contributed by atoms with Crippen LogP contribution in [0.25, 0.3) is 10.2 Å². The Morgan fingerprint density at radius 2 is 1.59 bits per heavy atom. The van der Waals surface area contributed by atoms with Crippen LogP contribution in [0.4, 0.5) is 10.8 Å². The number of carbonyl (C=O) groups is 4. The van der Waals surface area contributed by atoms with E-state index in [0.717, 1.165) is 9.60 Å². The molecule has 0 spiro atoms. The van der Waals surface area contributed by atoms with Crippen LogP contribution in [0.3, 0.4) is 0 Å². The van der Waals surface area contributed by atoms with E-state index in [1.165, 1.54) is 11.3 Å². The topological polar surface area (TPSA) is 106 Å². The third-order valence-corrected chi connectivity index (χ3v) is 6.24. The molecular weight excluding hydrogens is 454 g/mol. The average Bonchev–Trinajstić information content (AvgIpc) is 3.36. The van der Waals surface area contributed by atoms with Gasteiger partial charge in [0.25, 0.3) is 17.7 Å². The van der Waals surface area contributed by atoms with E-state index >= 15 is 0 Å². The fraction of sp³-hybridized carbons (Fsp3) is 0.0800. The number of carbonyl (C=O) groups excluding carboxylic acids is 4. The van der Waals surface area contributed by atoms with E-state index in [2.05, 4.69) is 10.3 Å². The molecule has 9 heteroatoms. The highest BCUT2D eigenvalue weighted by atomic mass is 32.1. The van der Waals surface area contributed by atoms with E-state index < -0.39 is 23.7 Å². The van der Waals surface area contributed by atoms with Crippen LogP contribution in [0, 0.1) is 0 Å². The first-order valence-corrected chi connectivity index (χ1v) is 11.2. The van der Waals surface area contributed by atoms with Gasteiger partial charge < -0.3 is 4.74 Å². The fourth-order valence-corrected chi connectivity index (χ4v) is 4.57. The lowest BCUT2D eigenvalue weighted by molar-refractivity contribution is 0.0526. The van der Waals surface area contributed by atoms with Crippen molar-refractivity contribution in [3.8, 4) is 0 Å². The van der Waals surface area contributed by atoms with Gasteiger partial charge in [0.05, 0.1) is 39.2 Å². The molecule has 0 radical (unpaired) electrons. The molecule has 0 fully saturated rings. The molecule has 0 saturated carbocycles. The van der Waals surface area contributed by atoms with Crippen molar-refractivity contribution in [3.05, 3.63) is 89.0 Å².